The molecule has 1 aliphatic heterocycles. The van der Waals surface area contributed by atoms with Crippen LogP contribution in [-0.2, 0) is 4.79 Å². The fourth-order valence-corrected chi connectivity index (χ4v) is 2.56. The summed E-state index contributed by atoms with van der Waals surface area (Å²) in [5.41, 5.74) is 5.48. The van der Waals surface area contributed by atoms with E-state index < -0.39 is 5.54 Å². The number of likely N-dealkylation sites (tertiary alicyclic amines) is 1. The summed E-state index contributed by atoms with van der Waals surface area (Å²) < 4.78 is 0. The number of piperidine rings is 1. The van der Waals surface area contributed by atoms with E-state index in [2.05, 4.69) is 6.92 Å². The number of hydrogen-bond acceptors (Lipinski definition) is 2. The van der Waals surface area contributed by atoms with Crippen LogP contribution in [0.3, 0.4) is 0 Å². The first-order valence-electron chi connectivity index (χ1n) is 6.24. The summed E-state index contributed by atoms with van der Waals surface area (Å²) in [6.45, 7) is 4.09. The molecule has 1 amide bonds. The van der Waals surface area contributed by atoms with Crippen molar-refractivity contribution < 1.29 is 4.79 Å². The normalized spacial score (nSPS) is 28.9. The molecule has 0 spiro atoms. The predicted octanol–water partition coefficient (Wildman–Crippen LogP) is 1.52. The standard InChI is InChI=1S/C12H22N2O/c1-2-4-10-5-3-8-14(9-10)11(15)12(13)6-7-12/h10H,2-9,13H2,1H3. The predicted molar refractivity (Wildman–Crippen MR) is 60.4 cm³/mol. The second-order valence-electron chi connectivity index (χ2n) is 5.20. The molecule has 3 nitrogen and oxygen atoms in total. The topological polar surface area (TPSA) is 46.3 Å². The lowest BCUT2D eigenvalue weighted by molar-refractivity contribution is -0.135. The van der Waals surface area contributed by atoms with E-state index in [4.69, 9.17) is 5.73 Å². The van der Waals surface area contributed by atoms with Crippen LogP contribution in [0.15, 0.2) is 0 Å². The van der Waals surface area contributed by atoms with Gasteiger partial charge >= 0.3 is 0 Å². The number of amides is 1. The number of rotatable bonds is 3. The van der Waals surface area contributed by atoms with Crippen LogP contribution in [0.5, 0.6) is 0 Å². The lowest BCUT2D eigenvalue weighted by Crippen LogP contribution is -2.49. The van der Waals surface area contributed by atoms with Crippen molar-refractivity contribution in [2.75, 3.05) is 13.1 Å². The van der Waals surface area contributed by atoms with Gasteiger partial charge in [0.15, 0.2) is 0 Å². The molecule has 0 aromatic carbocycles. The average molecular weight is 210 g/mol. The van der Waals surface area contributed by atoms with Gasteiger partial charge in [0, 0.05) is 13.1 Å². The Bertz CT molecular complexity index is 246. The number of nitrogens with two attached hydrogens (primary N) is 1. The van der Waals surface area contributed by atoms with Gasteiger partial charge < -0.3 is 10.6 Å². The van der Waals surface area contributed by atoms with Crippen LogP contribution >= 0.6 is 0 Å². The van der Waals surface area contributed by atoms with Crippen LogP contribution < -0.4 is 5.73 Å². The van der Waals surface area contributed by atoms with Crippen molar-refractivity contribution in [2.45, 2.75) is 51.0 Å². The minimum atomic E-state index is -0.464. The van der Waals surface area contributed by atoms with E-state index in [1.165, 1.54) is 19.3 Å². The van der Waals surface area contributed by atoms with Crippen LogP contribution in [0.2, 0.25) is 0 Å². The Morgan fingerprint density at radius 2 is 2.27 bits per heavy atom. The van der Waals surface area contributed by atoms with E-state index in [1.807, 2.05) is 4.90 Å². The molecule has 1 saturated heterocycles. The highest BCUT2D eigenvalue weighted by Gasteiger charge is 2.48. The Balaban J connectivity index is 1.89. The van der Waals surface area contributed by atoms with Crippen molar-refractivity contribution in [1.82, 2.24) is 4.90 Å². The summed E-state index contributed by atoms with van der Waals surface area (Å²) >= 11 is 0. The lowest BCUT2D eigenvalue weighted by Gasteiger charge is -2.34. The van der Waals surface area contributed by atoms with Crippen molar-refractivity contribution in [3.63, 3.8) is 0 Å². The van der Waals surface area contributed by atoms with E-state index in [0.29, 0.717) is 0 Å². The fourth-order valence-electron chi connectivity index (χ4n) is 2.56. The van der Waals surface area contributed by atoms with Crippen molar-refractivity contribution in [1.29, 1.82) is 0 Å². The maximum atomic E-state index is 12.0. The fraction of sp³-hybridized carbons (Fsp3) is 0.917. The number of carbonyl (C=O) groups is 1. The minimum absolute atomic E-state index is 0.211. The number of carbonyl (C=O) groups excluding carboxylic acids is 1. The van der Waals surface area contributed by atoms with E-state index in [9.17, 15) is 4.79 Å². The summed E-state index contributed by atoms with van der Waals surface area (Å²) in [6, 6.07) is 0. The number of nitrogens with zero attached hydrogens (tertiary/aromatic N) is 1. The Morgan fingerprint density at radius 1 is 1.53 bits per heavy atom. The Morgan fingerprint density at radius 3 is 2.87 bits per heavy atom. The van der Waals surface area contributed by atoms with Gasteiger partial charge in [-0.25, -0.2) is 0 Å². The molecule has 2 aliphatic rings. The molecular weight excluding hydrogens is 188 g/mol. The van der Waals surface area contributed by atoms with E-state index in [1.54, 1.807) is 0 Å². The zero-order valence-electron chi connectivity index (χ0n) is 9.67. The lowest BCUT2D eigenvalue weighted by atomic mass is 9.93. The maximum absolute atomic E-state index is 12.0. The van der Waals surface area contributed by atoms with Crippen LogP contribution in [0.25, 0.3) is 0 Å². The summed E-state index contributed by atoms with van der Waals surface area (Å²) in [5.74, 6) is 0.929. The van der Waals surface area contributed by atoms with E-state index in [0.717, 1.165) is 38.3 Å². The molecule has 0 aromatic rings. The molecule has 1 heterocycles. The molecule has 1 unspecified atom stereocenters. The van der Waals surface area contributed by atoms with Gasteiger partial charge in [-0.1, -0.05) is 13.3 Å². The Hall–Kier alpha value is -0.570. The minimum Gasteiger partial charge on any atom is -0.341 e. The monoisotopic (exact) mass is 210 g/mol. The van der Waals surface area contributed by atoms with Gasteiger partial charge in [0.2, 0.25) is 5.91 Å². The first-order valence-corrected chi connectivity index (χ1v) is 6.24. The van der Waals surface area contributed by atoms with Crippen molar-refractivity contribution in [3.8, 4) is 0 Å². The molecule has 0 bridgehead atoms. The molecule has 3 heteroatoms. The largest absolute Gasteiger partial charge is 0.341 e. The van der Waals surface area contributed by atoms with Gasteiger partial charge in [-0.2, -0.15) is 0 Å². The van der Waals surface area contributed by atoms with Gasteiger partial charge in [-0.3, -0.25) is 4.79 Å². The molecule has 0 radical (unpaired) electrons. The van der Waals surface area contributed by atoms with Crippen molar-refractivity contribution >= 4 is 5.91 Å². The Labute approximate surface area is 92.0 Å². The summed E-state index contributed by atoms with van der Waals surface area (Å²) in [4.78, 5) is 14.0. The molecule has 2 fully saturated rings. The molecular formula is C12H22N2O. The zero-order chi connectivity index (χ0) is 10.9. The second-order valence-corrected chi connectivity index (χ2v) is 5.20. The highest BCUT2D eigenvalue weighted by molar-refractivity contribution is 5.89. The van der Waals surface area contributed by atoms with Gasteiger partial charge in [0.25, 0.3) is 0 Å². The third-order valence-electron chi connectivity index (χ3n) is 3.72. The van der Waals surface area contributed by atoms with Crippen molar-refractivity contribution in [3.05, 3.63) is 0 Å². The van der Waals surface area contributed by atoms with Gasteiger partial charge in [0.1, 0.15) is 0 Å². The van der Waals surface area contributed by atoms with Crippen LogP contribution in [-0.4, -0.2) is 29.4 Å². The number of hydrogen-bond donors (Lipinski definition) is 1. The summed E-state index contributed by atoms with van der Waals surface area (Å²) in [7, 11) is 0. The maximum Gasteiger partial charge on any atom is 0.242 e. The average Bonchev–Trinajstić information content (AvgIpc) is 2.98. The molecule has 15 heavy (non-hydrogen) atoms. The zero-order valence-corrected chi connectivity index (χ0v) is 9.67. The molecule has 0 aromatic heterocycles. The first-order chi connectivity index (χ1) is 7.15. The third-order valence-corrected chi connectivity index (χ3v) is 3.72. The van der Waals surface area contributed by atoms with E-state index in [-0.39, 0.29) is 5.91 Å². The van der Waals surface area contributed by atoms with Gasteiger partial charge in [0.05, 0.1) is 5.54 Å². The van der Waals surface area contributed by atoms with E-state index >= 15 is 0 Å². The summed E-state index contributed by atoms with van der Waals surface area (Å²) in [5, 5.41) is 0. The highest BCUT2D eigenvalue weighted by atomic mass is 16.2. The quantitative estimate of drug-likeness (QED) is 0.767. The van der Waals surface area contributed by atoms with Crippen LogP contribution in [0, 0.1) is 5.92 Å². The first kappa shape index (κ1) is 10.9. The van der Waals surface area contributed by atoms with Crippen molar-refractivity contribution in [2.24, 2.45) is 11.7 Å². The van der Waals surface area contributed by atoms with Crippen LogP contribution in [0.1, 0.15) is 45.4 Å². The smallest absolute Gasteiger partial charge is 0.242 e. The van der Waals surface area contributed by atoms with Crippen LogP contribution in [0.4, 0.5) is 0 Å². The second kappa shape index (κ2) is 4.12. The molecule has 2 rings (SSSR count). The SMILES string of the molecule is CCCC1CCCN(C(=O)C2(N)CC2)C1. The summed E-state index contributed by atoms with van der Waals surface area (Å²) in [6.07, 6.45) is 6.70. The molecule has 2 N–H and O–H groups in total. The van der Waals surface area contributed by atoms with Gasteiger partial charge in [-0.05, 0) is 38.0 Å². The highest BCUT2D eigenvalue weighted by Crippen LogP contribution is 2.35. The van der Waals surface area contributed by atoms with Gasteiger partial charge in [-0.15, -0.1) is 0 Å². The molecule has 1 saturated carbocycles. The molecule has 1 aliphatic carbocycles. The Kier molecular flexibility index (Phi) is 3.01. The third kappa shape index (κ3) is 2.33. The molecule has 86 valence electrons. The molecule has 1 atom stereocenters.